The molecule has 1 unspecified atom stereocenters. The molecule has 0 radical (unpaired) electrons. The number of nitrogens with one attached hydrogen (secondary N) is 2. The van der Waals surface area contributed by atoms with Gasteiger partial charge < -0.3 is 15.1 Å². The smallest absolute Gasteiger partial charge is 0.320 e. The molecule has 1 aromatic heterocycles. The van der Waals surface area contributed by atoms with Gasteiger partial charge in [-0.05, 0) is 49.3 Å². The van der Waals surface area contributed by atoms with E-state index < -0.39 is 0 Å². The summed E-state index contributed by atoms with van der Waals surface area (Å²) >= 11 is 0. The third kappa shape index (κ3) is 4.33. The lowest BCUT2D eigenvalue weighted by Gasteiger charge is -2.33. The van der Waals surface area contributed by atoms with Gasteiger partial charge in [-0.1, -0.05) is 43.0 Å². The lowest BCUT2D eigenvalue weighted by atomic mass is 9.97. The summed E-state index contributed by atoms with van der Waals surface area (Å²) in [6, 6.07) is 17.8. The fourth-order valence-electron chi connectivity index (χ4n) is 4.63. The predicted octanol–water partition coefficient (Wildman–Crippen LogP) is 5.24. The molecule has 0 spiro atoms. The molecule has 1 atom stereocenters. The highest BCUT2D eigenvalue weighted by Gasteiger charge is 2.26. The van der Waals surface area contributed by atoms with E-state index in [1.54, 1.807) is 4.68 Å². The Hall–Kier alpha value is -4.26. The minimum absolute atomic E-state index is 0.0566. The third-order valence-corrected chi connectivity index (χ3v) is 6.65. The largest absolute Gasteiger partial charge is 0.374 e. The lowest BCUT2D eigenvalue weighted by Crippen LogP contribution is -2.38. The van der Waals surface area contributed by atoms with Gasteiger partial charge in [0.15, 0.2) is 0 Å². The van der Waals surface area contributed by atoms with Crippen LogP contribution < -0.4 is 15.5 Å². The molecule has 5 rings (SSSR count). The Morgan fingerprint density at radius 3 is 2.57 bits per heavy atom. The maximum atomic E-state index is 13.3. The molecular weight excluding hydrogens is 436 g/mol. The second-order valence-corrected chi connectivity index (χ2v) is 9.01. The van der Waals surface area contributed by atoms with E-state index in [0.717, 1.165) is 52.4 Å². The summed E-state index contributed by atoms with van der Waals surface area (Å²) in [6.45, 7) is 6.90. The number of carbonyl (C=O) groups is 1. The zero-order valence-corrected chi connectivity index (χ0v) is 20.3. The van der Waals surface area contributed by atoms with Crippen molar-refractivity contribution in [2.24, 2.45) is 0 Å². The van der Waals surface area contributed by atoms with Gasteiger partial charge in [0.25, 0.3) is 0 Å². The Morgan fingerprint density at radius 2 is 1.80 bits per heavy atom. The second kappa shape index (κ2) is 9.18. The zero-order valence-electron chi connectivity index (χ0n) is 20.3. The highest BCUT2D eigenvalue weighted by Crippen LogP contribution is 2.34. The maximum absolute atomic E-state index is 13.3. The first kappa shape index (κ1) is 22.5. The van der Waals surface area contributed by atoms with Crippen molar-refractivity contribution in [2.75, 3.05) is 30.9 Å². The van der Waals surface area contributed by atoms with Crippen LogP contribution in [0, 0.1) is 6.92 Å². The number of aromatic nitrogens is 2. The van der Waals surface area contributed by atoms with Crippen molar-refractivity contribution in [3.05, 3.63) is 102 Å². The predicted molar refractivity (Wildman–Crippen MR) is 142 cm³/mol. The normalized spacial score (nSPS) is 17.2. The molecule has 0 bridgehead atoms. The van der Waals surface area contributed by atoms with Gasteiger partial charge in [-0.3, -0.25) is 5.32 Å². The zero-order chi connectivity index (χ0) is 24.5. The summed E-state index contributed by atoms with van der Waals surface area (Å²) in [4.78, 5) is 17.5. The van der Waals surface area contributed by atoms with E-state index in [4.69, 9.17) is 5.10 Å². The highest BCUT2D eigenvalue weighted by molar-refractivity contribution is 5.91. The van der Waals surface area contributed by atoms with Crippen LogP contribution in [-0.4, -0.2) is 41.4 Å². The van der Waals surface area contributed by atoms with Gasteiger partial charge in [0.2, 0.25) is 0 Å². The average molecular weight is 467 g/mol. The van der Waals surface area contributed by atoms with E-state index in [-0.39, 0.29) is 12.1 Å². The number of carbonyl (C=O) groups excluding carboxylic acids is 1. The standard InChI is InChI=1S/C28H30N6O/c1-19-14-15-21(18-33(19)4)26-20(2)27(34(31-26)22-10-6-5-7-11-22)30-28(35)29-24-16-17-32(3)25-13-9-8-12-23(24)25/h5-15,18,24H,1,16-17H2,2-4H3,(H2,29,30,35). The Labute approximate surface area is 206 Å². The molecular formula is C28H30N6O. The number of para-hydroxylation sites is 2. The van der Waals surface area contributed by atoms with E-state index in [1.165, 1.54) is 0 Å². The fraction of sp³-hybridized carbons (Fsp3) is 0.214. The monoisotopic (exact) mass is 466 g/mol. The molecule has 2 aliphatic rings. The number of likely N-dealkylation sites (N-methyl/N-ethyl adjacent to an activating group) is 1. The van der Waals surface area contributed by atoms with Crippen molar-refractivity contribution >= 4 is 23.1 Å². The molecule has 3 heterocycles. The van der Waals surface area contributed by atoms with Gasteiger partial charge in [0, 0.05) is 49.4 Å². The topological polar surface area (TPSA) is 65.4 Å². The van der Waals surface area contributed by atoms with Gasteiger partial charge in [0.05, 0.1) is 17.4 Å². The van der Waals surface area contributed by atoms with Crippen LogP contribution in [-0.2, 0) is 0 Å². The van der Waals surface area contributed by atoms with Crippen LogP contribution in [0.15, 0.2) is 85.2 Å². The van der Waals surface area contributed by atoms with E-state index in [0.29, 0.717) is 5.82 Å². The Bertz CT molecular complexity index is 1340. The molecule has 2 N–H and O–H groups in total. The van der Waals surface area contributed by atoms with Crippen LogP contribution in [0.4, 0.5) is 16.3 Å². The number of allylic oxidation sites excluding steroid dienone is 3. The van der Waals surface area contributed by atoms with Crippen molar-refractivity contribution in [2.45, 2.75) is 19.4 Å². The second-order valence-electron chi connectivity index (χ2n) is 9.01. The van der Waals surface area contributed by atoms with Gasteiger partial charge >= 0.3 is 6.03 Å². The first-order valence-electron chi connectivity index (χ1n) is 11.8. The van der Waals surface area contributed by atoms with E-state index in [2.05, 4.69) is 41.3 Å². The number of nitrogens with zero attached hydrogens (tertiary/aromatic N) is 4. The average Bonchev–Trinajstić information content (AvgIpc) is 3.19. The lowest BCUT2D eigenvalue weighted by molar-refractivity contribution is 0.247. The molecule has 35 heavy (non-hydrogen) atoms. The highest BCUT2D eigenvalue weighted by atomic mass is 16.2. The molecule has 7 nitrogen and oxygen atoms in total. The molecule has 0 saturated carbocycles. The van der Waals surface area contributed by atoms with Crippen LogP contribution in [0.5, 0.6) is 0 Å². The molecule has 2 amide bonds. The van der Waals surface area contributed by atoms with E-state index >= 15 is 0 Å². The summed E-state index contributed by atoms with van der Waals surface area (Å²) in [6.07, 6.45) is 6.82. The van der Waals surface area contributed by atoms with Crippen molar-refractivity contribution < 1.29 is 4.79 Å². The van der Waals surface area contributed by atoms with Crippen LogP contribution in [0.2, 0.25) is 0 Å². The van der Waals surface area contributed by atoms with Crippen LogP contribution in [0.25, 0.3) is 11.3 Å². The van der Waals surface area contributed by atoms with Crippen LogP contribution >= 0.6 is 0 Å². The molecule has 7 heteroatoms. The van der Waals surface area contributed by atoms with Crippen molar-refractivity contribution in [1.29, 1.82) is 0 Å². The number of amides is 2. The molecule has 2 aliphatic heterocycles. The molecule has 0 saturated heterocycles. The minimum atomic E-state index is -0.250. The number of benzene rings is 2. The summed E-state index contributed by atoms with van der Waals surface area (Å²) < 4.78 is 1.80. The van der Waals surface area contributed by atoms with Gasteiger partial charge in [0.1, 0.15) is 5.82 Å². The minimum Gasteiger partial charge on any atom is -0.374 e. The quantitative estimate of drug-likeness (QED) is 0.552. The van der Waals surface area contributed by atoms with Gasteiger partial charge in [-0.2, -0.15) is 5.10 Å². The van der Waals surface area contributed by atoms with Crippen molar-refractivity contribution in [3.63, 3.8) is 0 Å². The Kier molecular flexibility index (Phi) is 5.91. The van der Waals surface area contributed by atoms with Gasteiger partial charge in [-0.15, -0.1) is 0 Å². The summed E-state index contributed by atoms with van der Waals surface area (Å²) in [5.74, 6) is 0.645. The first-order chi connectivity index (χ1) is 16.9. The first-order valence-corrected chi connectivity index (χ1v) is 11.8. The van der Waals surface area contributed by atoms with Crippen LogP contribution in [0.3, 0.4) is 0 Å². The summed E-state index contributed by atoms with van der Waals surface area (Å²) in [5, 5.41) is 11.2. The molecule has 178 valence electrons. The third-order valence-electron chi connectivity index (χ3n) is 6.65. The van der Waals surface area contributed by atoms with Crippen molar-refractivity contribution in [1.82, 2.24) is 20.0 Å². The molecule has 0 aliphatic carbocycles. The molecule has 0 fully saturated rings. The molecule has 3 aromatic rings. The summed E-state index contributed by atoms with van der Waals surface area (Å²) in [7, 11) is 4.04. The number of urea groups is 1. The summed E-state index contributed by atoms with van der Waals surface area (Å²) in [5.41, 5.74) is 6.73. The Balaban J connectivity index is 1.46. The number of anilines is 2. The Morgan fingerprint density at radius 1 is 1.06 bits per heavy atom. The fourth-order valence-corrected chi connectivity index (χ4v) is 4.63. The SMILES string of the molecule is C=C1C=CC(c2nn(-c3ccccc3)c(NC(=O)NC3CCN(C)c4ccccc43)c2C)=CN1C. The van der Waals surface area contributed by atoms with Crippen LogP contribution in [0.1, 0.15) is 29.3 Å². The van der Waals surface area contributed by atoms with E-state index in [1.807, 2.05) is 79.7 Å². The number of hydrogen-bond acceptors (Lipinski definition) is 4. The van der Waals surface area contributed by atoms with E-state index in [9.17, 15) is 4.79 Å². The number of rotatable bonds is 4. The van der Waals surface area contributed by atoms with Gasteiger partial charge in [-0.25, -0.2) is 9.48 Å². The van der Waals surface area contributed by atoms with Crippen molar-refractivity contribution in [3.8, 4) is 5.69 Å². The number of hydrogen-bond donors (Lipinski definition) is 2. The number of fused-ring (bicyclic) bond motifs is 1. The molecule has 2 aromatic carbocycles. The maximum Gasteiger partial charge on any atom is 0.320 e.